The zero-order valence-corrected chi connectivity index (χ0v) is 14.8. The van der Waals surface area contributed by atoms with E-state index in [0.29, 0.717) is 11.1 Å². The third kappa shape index (κ3) is 2.75. The molecule has 0 fully saturated rings. The fourth-order valence-corrected chi connectivity index (χ4v) is 3.30. The Morgan fingerprint density at radius 2 is 1.71 bits per heavy atom. The van der Waals surface area contributed by atoms with Crippen molar-refractivity contribution in [3.63, 3.8) is 0 Å². The second kappa shape index (κ2) is 5.59. The molecule has 0 saturated carbocycles. The largest absolute Gasteiger partial charge is 0.352 e. The average molecular weight is 323 g/mol. The van der Waals surface area contributed by atoms with E-state index in [1.54, 1.807) is 18.2 Å². The van der Waals surface area contributed by atoms with E-state index >= 15 is 0 Å². The number of nitrogens with one attached hydrogen (secondary N) is 1. The highest BCUT2D eigenvalue weighted by Crippen LogP contribution is 2.32. The normalized spacial score (nSPS) is 11.9. The lowest BCUT2D eigenvalue weighted by atomic mass is 9.82. The minimum atomic E-state index is -0.410. The fourth-order valence-electron chi connectivity index (χ4n) is 3.30. The number of pyridine rings is 1. The van der Waals surface area contributed by atoms with Crippen molar-refractivity contribution in [1.29, 1.82) is 0 Å². The monoisotopic (exact) mass is 323 g/mol. The molecule has 0 bridgehead atoms. The number of H-pyrrole nitrogens is 1. The van der Waals surface area contributed by atoms with Crippen molar-refractivity contribution in [1.82, 2.24) is 4.98 Å². The first-order valence-electron chi connectivity index (χ1n) is 8.12. The molecule has 0 saturated heterocycles. The zero-order valence-electron chi connectivity index (χ0n) is 14.8. The molecule has 3 heteroatoms. The summed E-state index contributed by atoms with van der Waals surface area (Å²) >= 11 is 0. The van der Waals surface area contributed by atoms with Crippen LogP contribution >= 0.6 is 0 Å². The summed E-state index contributed by atoms with van der Waals surface area (Å²) in [7, 11) is 0. The molecule has 0 atom stereocenters. The number of hydrogen-bond donors (Lipinski definition) is 1. The van der Waals surface area contributed by atoms with E-state index in [0.717, 1.165) is 16.7 Å². The van der Waals surface area contributed by atoms with Gasteiger partial charge in [-0.2, -0.15) is 0 Å². The number of halogens is 1. The predicted octanol–water partition coefficient (Wildman–Crippen LogP) is 5.25. The molecule has 1 aromatic heterocycles. The summed E-state index contributed by atoms with van der Waals surface area (Å²) in [5.41, 5.74) is 5.23. The third-order valence-corrected chi connectivity index (χ3v) is 4.48. The van der Waals surface area contributed by atoms with Crippen LogP contribution in [-0.2, 0) is 5.41 Å². The van der Waals surface area contributed by atoms with Crippen molar-refractivity contribution in [2.24, 2.45) is 0 Å². The lowest BCUT2D eigenvalue weighted by molar-refractivity contribution is 0.585. The highest BCUT2D eigenvalue weighted by molar-refractivity contribution is 5.82. The van der Waals surface area contributed by atoms with Crippen LogP contribution in [0.5, 0.6) is 0 Å². The van der Waals surface area contributed by atoms with Crippen molar-refractivity contribution in [2.75, 3.05) is 0 Å². The molecular formula is C21H22FNO. The number of aryl methyl sites for hydroxylation is 2. The predicted molar refractivity (Wildman–Crippen MR) is 98.1 cm³/mol. The molecule has 1 heterocycles. The van der Waals surface area contributed by atoms with E-state index in [9.17, 15) is 9.18 Å². The summed E-state index contributed by atoms with van der Waals surface area (Å²) in [6.07, 6.45) is 0. The van der Waals surface area contributed by atoms with Crippen molar-refractivity contribution in [2.45, 2.75) is 40.0 Å². The summed E-state index contributed by atoms with van der Waals surface area (Å²) < 4.78 is 14.1. The molecular weight excluding hydrogens is 301 g/mol. The van der Waals surface area contributed by atoms with E-state index in [1.165, 1.54) is 11.6 Å². The molecule has 0 aliphatic heterocycles. The van der Waals surface area contributed by atoms with Crippen LogP contribution in [0.3, 0.4) is 0 Å². The van der Waals surface area contributed by atoms with Crippen LogP contribution in [0, 0.1) is 19.7 Å². The number of hydrogen-bond acceptors (Lipinski definition) is 1. The Hall–Kier alpha value is -2.42. The molecule has 0 spiro atoms. The molecule has 1 N–H and O–H groups in total. The van der Waals surface area contributed by atoms with Crippen LogP contribution in [-0.4, -0.2) is 4.98 Å². The molecule has 124 valence electrons. The second-order valence-corrected chi connectivity index (χ2v) is 7.44. The molecule has 2 aromatic carbocycles. The molecule has 0 amide bonds. The van der Waals surface area contributed by atoms with Gasteiger partial charge < -0.3 is 4.98 Å². The van der Waals surface area contributed by atoms with Crippen molar-refractivity contribution in [3.8, 4) is 11.3 Å². The number of aromatic amines is 1. The minimum absolute atomic E-state index is 0.0519. The Morgan fingerprint density at radius 3 is 2.38 bits per heavy atom. The van der Waals surface area contributed by atoms with Gasteiger partial charge >= 0.3 is 0 Å². The average Bonchev–Trinajstić information content (AvgIpc) is 2.49. The number of benzene rings is 2. The van der Waals surface area contributed by atoms with Gasteiger partial charge in [0.1, 0.15) is 5.82 Å². The standard InChI is InChI=1S/C21H22FNO/c1-12-10-16(21(3,4)5)13(2)9-15(12)18-11-19(24)14-7-6-8-17(22)20(14)23-18/h6-11H,1-5H3,(H,23,24). The zero-order chi connectivity index (χ0) is 17.6. The van der Waals surface area contributed by atoms with Crippen LogP contribution in [0.4, 0.5) is 4.39 Å². The van der Waals surface area contributed by atoms with Gasteiger partial charge in [-0.1, -0.05) is 32.9 Å². The van der Waals surface area contributed by atoms with Gasteiger partial charge in [-0.05, 0) is 54.2 Å². The quantitative estimate of drug-likeness (QED) is 0.652. The van der Waals surface area contributed by atoms with Crippen LogP contribution in [0.25, 0.3) is 22.2 Å². The molecule has 0 radical (unpaired) electrons. The van der Waals surface area contributed by atoms with Gasteiger partial charge in [0, 0.05) is 17.0 Å². The van der Waals surface area contributed by atoms with Crippen LogP contribution < -0.4 is 5.43 Å². The van der Waals surface area contributed by atoms with Gasteiger partial charge in [-0.25, -0.2) is 4.39 Å². The Bertz CT molecular complexity index is 993. The first-order chi connectivity index (χ1) is 11.2. The van der Waals surface area contributed by atoms with Gasteiger partial charge in [0.05, 0.1) is 11.2 Å². The lowest BCUT2D eigenvalue weighted by Gasteiger charge is -2.23. The fraction of sp³-hybridized carbons (Fsp3) is 0.286. The molecule has 3 aromatic rings. The number of para-hydroxylation sites is 1. The first-order valence-corrected chi connectivity index (χ1v) is 8.12. The first kappa shape index (κ1) is 16.4. The van der Waals surface area contributed by atoms with Gasteiger partial charge in [-0.3, -0.25) is 4.79 Å². The van der Waals surface area contributed by atoms with Crippen molar-refractivity contribution >= 4 is 10.9 Å². The Morgan fingerprint density at radius 1 is 1.00 bits per heavy atom. The maximum absolute atomic E-state index is 14.1. The molecule has 0 aliphatic carbocycles. The number of aromatic nitrogens is 1. The topological polar surface area (TPSA) is 32.9 Å². The highest BCUT2D eigenvalue weighted by Gasteiger charge is 2.18. The van der Waals surface area contributed by atoms with Crippen LogP contribution in [0.15, 0.2) is 41.2 Å². The highest BCUT2D eigenvalue weighted by atomic mass is 19.1. The second-order valence-electron chi connectivity index (χ2n) is 7.44. The van der Waals surface area contributed by atoms with E-state index < -0.39 is 5.82 Å². The van der Waals surface area contributed by atoms with E-state index in [4.69, 9.17) is 0 Å². The molecule has 3 rings (SSSR count). The van der Waals surface area contributed by atoms with Crippen LogP contribution in [0.2, 0.25) is 0 Å². The van der Waals surface area contributed by atoms with Crippen LogP contribution in [0.1, 0.15) is 37.5 Å². The molecule has 2 nitrogen and oxygen atoms in total. The summed E-state index contributed by atoms with van der Waals surface area (Å²) in [5, 5.41) is 0.374. The van der Waals surface area contributed by atoms with E-state index in [2.05, 4.69) is 44.8 Å². The number of fused-ring (bicyclic) bond motifs is 1. The summed E-state index contributed by atoms with van der Waals surface area (Å²) in [6, 6.07) is 10.4. The Kier molecular flexibility index (Phi) is 3.83. The van der Waals surface area contributed by atoms with Gasteiger partial charge in [0.2, 0.25) is 0 Å². The minimum Gasteiger partial charge on any atom is -0.352 e. The Labute approximate surface area is 141 Å². The maximum Gasteiger partial charge on any atom is 0.190 e. The Balaban J connectivity index is 2.27. The smallest absolute Gasteiger partial charge is 0.190 e. The van der Waals surface area contributed by atoms with Crippen molar-refractivity contribution in [3.05, 3.63) is 69.1 Å². The van der Waals surface area contributed by atoms with Crippen molar-refractivity contribution < 1.29 is 4.39 Å². The molecule has 24 heavy (non-hydrogen) atoms. The molecule has 0 unspecified atom stereocenters. The number of rotatable bonds is 1. The summed E-state index contributed by atoms with van der Waals surface area (Å²) in [5.74, 6) is -0.410. The lowest BCUT2D eigenvalue weighted by Crippen LogP contribution is -2.14. The molecule has 0 aliphatic rings. The third-order valence-electron chi connectivity index (χ3n) is 4.48. The summed E-state index contributed by atoms with van der Waals surface area (Å²) in [6.45, 7) is 10.6. The van der Waals surface area contributed by atoms with Gasteiger partial charge in [0.15, 0.2) is 5.43 Å². The SMILES string of the molecule is Cc1cc(C(C)(C)C)c(C)cc1-c1cc(=O)c2cccc(F)c2[nH]1. The maximum atomic E-state index is 14.1. The van der Waals surface area contributed by atoms with Gasteiger partial charge in [0.25, 0.3) is 0 Å². The van der Waals surface area contributed by atoms with E-state index in [-0.39, 0.29) is 16.4 Å². The summed E-state index contributed by atoms with van der Waals surface area (Å²) in [4.78, 5) is 15.5. The van der Waals surface area contributed by atoms with E-state index in [1.807, 2.05) is 6.92 Å². The van der Waals surface area contributed by atoms with Gasteiger partial charge in [-0.15, -0.1) is 0 Å².